The summed E-state index contributed by atoms with van der Waals surface area (Å²) in [6.45, 7) is 1.78. The van der Waals surface area contributed by atoms with Crippen LogP contribution in [-0.4, -0.2) is 70.4 Å². The SMILES string of the molecule is CCCCCCCCC=CCCCCCCCC(=O)OCC(COP(=O)(O)OCC(O)COP(=O)(O)O)OC(=O)CCCCCCCCCCCCCCCCC. The molecule has 0 rings (SSSR count). The molecule has 338 valence electrons. The first-order valence-corrected chi connectivity index (χ1v) is 25.4. The zero-order chi connectivity index (χ0) is 42.3. The van der Waals surface area contributed by atoms with E-state index in [2.05, 4.69) is 35.0 Å². The van der Waals surface area contributed by atoms with Gasteiger partial charge in [-0.25, -0.2) is 9.13 Å². The number of carbonyl (C=O) groups excluding carboxylic acids is 2. The van der Waals surface area contributed by atoms with Gasteiger partial charge in [-0.15, -0.1) is 0 Å². The van der Waals surface area contributed by atoms with Crippen molar-refractivity contribution in [3.8, 4) is 0 Å². The van der Waals surface area contributed by atoms with Gasteiger partial charge in [-0.2, -0.15) is 0 Å². The highest BCUT2D eigenvalue weighted by atomic mass is 31.2. The van der Waals surface area contributed by atoms with Gasteiger partial charge in [0.15, 0.2) is 6.10 Å². The third-order valence-corrected chi connectivity index (χ3v) is 11.1. The molecule has 0 aromatic heterocycles. The fourth-order valence-electron chi connectivity index (χ4n) is 6.23. The number of hydrogen-bond donors (Lipinski definition) is 4. The number of phosphoric acid groups is 2. The van der Waals surface area contributed by atoms with Gasteiger partial charge in [-0.1, -0.05) is 167 Å². The molecule has 0 spiro atoms. The Bertz CT molecular complexity index is 1070. The van der Waals surface area contributed by atoms with Gasteiger partial charge in [0.05, 0.1) is 19.8 Å². The van der Waals surface area contributed by atoms with Gasteiger partial charge in [0, 0.05) is 12.8 Å². The van der Waals surface area contributed by atoms with E-state index in [-0.39, 0.29) is 19.4 Å². The van der Waals surface area contributed by atoms with Crippen LogP contribution < -0.4 is 0 Å². The quantitative estimate of drug-likeness (QED) is 0.0196. The molecule has 0 fully saturated rings. The van der Waals surface area contributed by atoms with Crippen LogP contribution in [0.4, 0.5) is 0 Å². The minimum atomic E-state index is -4.86. The maximum absolute atomic E-state index is 12.7. The first-order valence-electron chi connectivity index (χ1n) is 22.4. The molecule has 57 heavy (non-hydrogen) atoms. The Morgan fingerprint density at radius 2 is 0.860 bits per heavy atom. The molecular formula is C42H82O13P2. The van der Waals surface area contributed by atoms with E-state index in [0.29, 0.717) is 12.8 Å². The molecule has 0 aliphatic carbocycles. The standard InChI is InChI=1S/C42H82O13P2/c1-3-5-7-9-11-13-15-17-19-21-23-25-27-29-31-33-41(44)51-37-40(38-54-57(49,50)53-36-39(43)35-52-56(46,47)48)55-42(45)34-32-30-28-26-24-22-20-18-16-14-12-10-8-6-4-2/h17,19,39-40,43H,3-16,18,20-38H2,1-2H3,(H,49,50)(H2,46,47,48). The van der Waals surface area contributed by atoms with Gasteiger partial charge in [-0.05, 0) is 38.5 Å². The van der Waals surface area contributed by atoms with Crippen molar-refractivity contribution in [2.75, 3.05) is 26.4 Å². The molecule has 0 amide bonds. The van der Waals surface area contributed by atoms with Crippen LogP contribution in [0.25, 0.3) is 0 Å². The number of hydrogen-bond acceptors (Lipinski definition) is 10. The molecule has 13 nitrogen and oxygen atoms in total. The molecular weight excluding hydrogens is 774 g/mol. The lowest BCUT2D eigenvalue weighted by atomic mass is 10.0. The Morgan fingerprint density at radius 1 is 0.491 bits per heavy atom. The summed E-state index contributed by atoms with van der Waals surface area (Å²) in [5, 5.41) is 9.74. The second-order valence-corrected chi connectivity index (χ2v) is 18.0. The molecule has 0 aromatic carbocycles. The maximum atomic E-state index is 12.7. The Morgan fingerprint density at radius 3 is 1.30 bits per heavy atom. The Kier molecular flexibility index (Phi) is 38.2. The van der Waals surface area contributed by atoms with Crippen molar-refractivity contribution >= 4 is 27.6 Å². The van der Waals surface area contributed by atoms with E-state index in [1.54, 1.807) is 0 Å². The fraction of sp³-hybridized carbons (Fsp3) is 0.905. The molecule has 0 heterocycles. The molecule has 15 heteroatoms. The van der Waals surface area contributed by atoms with Crippen LogP contribution in [0, 0.1) is 0 Å². The topological polar surface area (TPSA) is 195 Å². The highest BCUT2D eigenvalue weighted by Crippen LogP contribution is 2.43. The molecule has 0 saturated heterocycles. The van der Waals surface area contributed by atoms with E-state index >= 15 is 0 Å². The van der Waals surface area contributed by atoms with Crippen molar-refractivity contribution in [2.24, 2.45) is 0 Å². The van der Waals surface area contributed by atoms with Crippen LogP contribution >= 0.6 is 15.6 Å². The monoisotopic (exact) mass is 857 g/mol. The minimum Gasteiger partial charge on any atom is -0.462 e. The largest absolute Gasteiger partial charge is 0.472 e. The van der Waals surface area contributed by atoms with E-state index in [1.807, 2.05) is 0 Å². The van der Waals surface area contributed by atoms with Crippen LogP contribution in [0.1, 0.15) is 206 Å². The molecule has 3 unspecified atom stereocenters. The molecule has 0 aliphatic rings. The second-order valence-electron chi connectivity index (χ2n) is 15.3. The number of aliphatic hydroxyl groups is 1. The van der Waals surface area contributed by atoms with E-state index in [1.165, 1.54) is 109 Å². The Balaban J connectivity index is 4.49. The molecule has 0 aromatic rings. The van der Waals surface area contributed by atoms with Crippen LogP contribution in [-0.2, 0) is 41.8 Å². The summed E-state index contributed by atoms with van der Waals surface area (Å²) in [6, 6.07) is 0. The predicted molar refractivity (Wildman–Crippen MR) is 226 cm³/mol. The number of ether oxygens (including phenoxy) is 2. The third-order valence-electron chi connectivity index (χ3n) is 9.64. The summed E-state index contributed by atoms with van der Waals surface area (Å²) >= 11 is 0. The molecule has 3 atom stereocenters. The smallest absolute Gasteiger partial charge is 0.462 e. The fourth-order valence-corrected chi connectivity index (χ4v) is 7.38. The van der Waals surface area contributed by atoms with Crippen LogP contribution in [0.15, 0.2) is 12.2 Å². The van der Waals surface area contributed by atoms with Crippen molar-refractivity contribution in [3.63, 3.8) is 0 Å². The number of phosphoric ester groups is 2. The van der Waals surface area contributed by atoms with Gasteiger partial charge in [0.2, 0.25) is 0 Å². The van der Waals surface area contributed by atoms with E-state index in [9.17, 15) is 28.7 Å². The first-order chi connectivity index (χ1) is 27.4. The van der Waals surface area contributed by atoms with Crippen molar-refractivity contribution < 1.29 is 61.6 Å². The minimum absolute atomic E-state index is 0.136. The number of rotatable bonds is 43. The average molecular weight is 857 g/mol. The average Bonchev–Trinajstić information content (AvgIpc) is 3.17. The summed E-state index contributed by atoms with van der Waals surface area (Å²) in [5.41, 5.74) is 0. The number of esters is 2. The summed E-state index contributed by atoms with van der Waals surface area (Å²) < 4.78 is 47.8. The molecule has 0 bridgehead atoms. The van der Waals surface area contributed by atoms with E-state index in [0.717, 1.165) is 57.8 Å². The van der Waals surface area contributed by atoms with Gasteiger partial charge in [-0.3, -0.25) is 23.2 Å². The highest BCUT2D eigenvalue weighted by molar-refractivity contribution is 7.47. The van der Waals surface area contributed by atoms with Crippen molar-refractivity contribution in [1.82, 2.24) is 0 Å². The lowest BCUT2D eigenvalue weighted by molar-refractivity contribution is -0.161. The zero-order valence-electron chi connectivity index (χ0n) is 35.7. The molecule has 0 saturated carbocycles. The van der Waals surface area contributed by atoms with Crippen molar-refractivity contribution in [1.29, 1.82) is 0 Å². The number of aliphatic hydroxyl groups excluding tert-OH is 1. The van der Waals surface area contributed by atoms with E-state index in [4.69, 9.17) is 23.8 Å². The van der Waals surface area contributed by atoms with Gasteiger partial charge in [0.25, 0.3) is 0 Å². The lowest BCUT2D eigenvalue weighted by Crippen LogP contribution is -2.30. The van der Waals surface area contributed by atoms with Crippen molar-refractivity contribution in [3.05, 3.63) is 12.2 Å². The number of carbonyl (C=O) groups is 2. The van der Waals surface area contributed by atoms with Crippen LogP contribution in [0.3, 0.4) is 0 Å². The molecule has 0 radical (unpaired) electrons. The Labute approximate surface area is 345 Å². The van der Waals surface area contributed by atoms with E-state index < -0.39 is 59.6 Å². The van der Waals surface area contributed by atoms with Gasteiger partial charge in [0.1, 0.15) is 12.7 Å². The summed E-state index contributed by atoms with van der Waals surface area (Å²) in [6.07, 6.45) is 34.8. The second kappa shape index (κ2) is 39.0. The molecule has 4 N–H and O–H groups in total. The van der Waals surface area contributed by atoms with Gasteiger partial charge >= 0.3 is 27.6 Å². The predicted octanol–water partition coefficient (Wildman–Crippen LogP) is 11.3. The summed E-state index contributed by atoms with van der Waals surface area (Å²) in [4.78, 5) is 52.7. The third kappa shape index (κ3) is 42.8. The van der Waals surface area contributed by atoms with Crippen LogP contribution in [0.2, 0.25) is 0 Å². The maximum Gasteiger partial charge on any atom is 0.472 e. The first kappa shape index (κ1) is 55.9. The summed E-state index contributed by atoms with van der Waals surface area (Å²) in [7, 11) is -9.66. The highest BCUT2D eigenvalue weighted by Gasteiger charge is 2.28. The number of unbranched alkanes of at least 4 members (excludes halogenated alkanes) is 25. The Hall–Kier alpha value is -1.14. The molecule has 0 aliphatic heterocycles. The lowest BCUT2D eigenvalue weighted by Gasteiger charge is -2.20. The normalized spacial score (nSPS) is 14.1. The van der Waals surface area contributed by atoms with Crippen LogP contribution in [0.5, 0.6) is 0 Å². The number of allylic oxidation sites excluding steroid dienone is 2. The van der Waals surface area contributed by atoms with Crippen molar-refractivity contribution in [2.45, 2.75) is 219 Å². The van der Waals surface area contributed by atoms with Gasteiger partial charge < -0.3 is 29.3 Å². The summed E-state index contributed by atoms with van der Waals surface area (Å²) in [5.74, 6) is -1.03. The zero-order valence-corrected chi connectivity index (χ0v) is 37.5.